The van der Waals surface area contributed by atoms with Crippen LogP contribution < -0.4 is 32.3 Å². The molecule has 0 amide bonds. The quantitative estimate of drug-likeness (QED) is 0.655. The van der Waals surface area contributed by atoms with Crippen molar-refractivity contribution < 1.29 is 13.2 Å². The van der Waals surface area contributed by atoms with E-state index in [4.69, 9.17) is 11.5 Å². The molecule has 2 aliphatic rings. The molecule has 4 rings (SSSR count). The molecule has 172 valence electrons. The number of hydrogen-bond donors (Lipinski definition) is 3. The lowest BCUT2D eigenvalue weighted by Gasteiger charge is -2.33. The third-order valence-electron chi connectivity index (χ3n) is 6.60. The number of aromatic nitrogens is 1. The zero-order valence-corrected chi connectivity index (χ0v) is 18.5. The maximum atomic E-state index is 13.2. The molecule has 2 unspecified atom stereocenters. The monoisotopic (exact) mass is 446 g/mol. The predicted octanol–water partition coefficient (Wildman–Crippen LogP) is 1.20. The molecule has 0 saturated carbocycles. The van der Waals surface area contributed by atoms with Gasteiger partial charge in [0.2, 0.25) is 0 Å². The highest BCUT2D eigenvalue weighted by molar-refractivity contribution is 5.53. The summed E-state index contributed by atoms with van der Waals surface area (Å²) in [6, 6.07) is 7.11. The number of nitrogens with one attached hydrogen (secondary N) is 1. The van der Waals surface area contributed by atoms with Crippen LogP contribution in [0.25, 0.3) is 11.5 Å². The van der Waals surface area contributed by atoms with Gasteiger partial charge in [-0.25, -0.2) is 0 Å². The van der Waals surface area contributed by atoms with Gasteiger partial charge < -0.3 is 21.7 Å². The summed E-state index contributed by atoms with van der Waals surface area (Å²) in [6.07, 6.45) is -1.45. The van der Waals surface area contributed by atoms with Crippen molar-refractivity contribution in [3.63, 3.8) is 0 Å². The van der Waals surface area contributed by atoms with Crippen LogP contribution in [-0.4, -0.2) is 42.1 Å². The number of likely N-dealkylation sites (tertiary alicyclic amines) is 1. The number of rotatable bonds is 4. The number of hydrogen-bond acceptors (Lipinski definition) is 6. The lowest BCUT2D eigenvalue weighted by Crippen LogP contribution is -2.46. The van der Waals surface area contributed by atoms with E-state index in [2.05, 4.69) is 27.1 Å². The second-order valence-corrected chi connectivity index (χ2v) is 8.76. The fourth-order valence-electron chi connectivity index (χ4n) is 4.78. The number of benzene rings is 1. The Hall–Kier alpha value is -2.94. The Kier molecular flexibility index (Phi) is 5.70. The number of piperazine rings is 1. The first-order valence-electron chi connectivity index (χ1n) is 10.6. The largest absolute Gasteiger partial charge is 0.416 e. The van der Waals surface area contributed by atoms with Crippen LogP contribution in [0.1, 0.15) is 30.0 Å². The maximum Gasteiger partial charge on any atom is 0.416 e. The normalized spacial score (nSPS) is 22.9. The van der Waals surface area contributed by atoms with Crippen molar-refractivity contribution in [2.75, 3.05) is 25.0 Å². The Morgan fingerprint density at radius 3 is 2.56 bits per heavy atom. The van der Waals surface area contributed by atoms with Crippen LogP contribution in [-0.2, 0) is 12.7 Å². The number of nitrogens with two attached hydrogens (primary N) is 2. The highest BCUT2D eigenvalue weighted by atomic mass is 19.4. The molecule has 2 saturated heterocycles. The average molecular weight is 447 g/mol. The molecule has 1 aromatic carbocycles. The van der Waals surface area contributed by atoms with E-state index in [1.807, 2.05) is 12.3 Å². The lowest BCUT2D eigenvalue weighted by atomic mass is 10.0. The highest BCUT2D eigenvalue weighted by Crippen LogP contribution is 2.33. The van der Waals surface area contributed by atoms with Crippen LogP contribution in [0.4, 0.5) is 18.9 Å². The molecular weight excluding hydrogens is 417 g/mol. The van der Waals surface area contributed by atoms with Gasteiger partial charge in [0.1, 0.15) is 5.82 Å². The van der Waals surface area contributed by atoms with Gasteiger partial charge >= 0.3 is 6.18 Å². The van der Waals surface area contributed by atoms with E-state index in [-0.39, 0.29) is 12.1 Å². The Balaban J connectivity index is 1.66. The molecule has 2 bridgehead atoms. The molecule has 0 spiro atoms. The van der Waals surface area contributed by atoms with Crippen LogP contribution >= 0.6 is 0 Å². The fourth-order valence-corrected chi connectivity index (χ4v) is 4.78. The zero-order chi connectivity index (χ0) is 23.2. The zero-order valence-electron chi connectivity index (χ0n) is 18.5. The summed E-state index contributed by atoms with van der Waals surface area (Å²) in [6.45, 7) is 5.33. The molecule has 9 heteroatoms. The summed E-state index contributed by atoms with van der Waals surface area (Å²) >= 11 is 0. The second-order valence-electron chi connectivity index (χ2n) is 8.76. The fraction of sp³-hybridized carbons (Fsp3) is 0.435. The van der Waals surface area contributed by atoms with E-state index in [9.17, 15) is 13.2 Å². The molecule has 2 aromatic rings. The minimum Gasteiger partial charge on any atom is -0.401 e. The van der Waals surface area contributed by atoms with Crippen molar-refractivity contribution in [1.82, 2.24) is 15.2 Å². The standard InChI is InChI=1S/C23H29F3N6/c1-13-15(5-4-6-20(13)23(24,25)26)9-30-22(28)19-8-16(10-29-21(19)14(2)27)32-12-17-7-18(32)11-31(17)3/h4-6,8,10,17-18,30H,7,9,11-12,27-28H2,1-3H3/b21-14+,22-19+. The van der Waals surface area contributed by atoms with Gasteiger partial charge in [0.05, 0.1) is 22.8 Å². The summed E-state index contributed by atoms with van der Waals surface area (Å²) in [5, 5.41) is 4.31. The van der Waals surface area contributed by atoms with Crippen molar-refractivity contribution in [2.24, 2.45) is 11.5 Å². The Labute approximate surface area is 185 Å². The van der Waals surface area contributed by atoms with E-state index in [1.165, 1.54) is 13.0 Å². The smallest absolute Gasteiger partial charge is 0.401 e. The summed E-state index contributed by atoms with van der Waals surface area (Å²) in [4.78, 5) is 9.28. The van der Waals surface area contributed by atoms with Crippen molar-refractivity contribution in [2.45, 2.75) is 45.1 Å². The number of fused-ring (bicyclic) bond motifs is 2. The minimum absolute atomic E-state index is 0.161. The van der Waals surface area contributed by atoms with Crippen LogP contribution in [0.2, 0.25) is 0 Å². The Morgan fingerprint density at radius 2 is 1.97 bits per heavy atom. The predicted molar refractivity (Wildman–Crippen MR) is 120 cm³/mol. The third kappa shape index (κ3) is 4.09. The number of nitrogens with zero attached hydrogens (tertiary/aromatic N) is 3. The molecule has 2 aliphatic heterocycles. The van der Waals surface area contributed by atoms with Crippen molar-refractivity contribution >= 4 is 17.2 Å². The van der Waals surface area contributed by atoms with Gasteiger partial charge in [-0.05, 0) is 50.6 Å². The molecule has 0 radical (unpaired) electrons. The topological polar surface area (TPSA) is 83.4 Å². The van der Waals surface area contributed by atoms with Gasteiger partial charge in [-0.3, -0.25) is 9.88 Å². The molecule has 6 nitrogen and oxygen atoms in total. The summed E-state index contributed by atoms with van der Waals surface area (Å²) in [7, 11) is 2.15. The van der Waals surface area contributed by atoms with Crippen LogP contribution in [0, 0.1) is 6.92 Å². The summed E-state index contributed by atoms with van der Waals surface area (Å²) in [5.74, 6) is 0.331. The number of pyridine rings is 1. The van der Waals surface area contributed by atoms with Gasteiger partial charge in [-0.2, -0.15) is 13.2 Å². The number of alkyl halides is 3. The average Bonchev–Trinajstić information content (AvgIpc) is 3.31. The Morgan fingerprint density at radius 1 is 1.22 bits per heavy atom. The first-order valence-corrected chi connectivity index (χ1v) is 10.6. The minimum atomic E-state index is -4.39. The van der Waals surface area contributed by atoms with Gasteiger partial charge in [0, 0.05) is 42.6 Å². The van der Waals surface area contributed by atoms with Crippen molar-refractivity contribution in [3.05, 3.63) is 57.7 Å². The molecule has 2 atom stereocenters. The van der Waals surface area contributed by atoms with Crippen LogP contribution in [0.3, 0.4) is 0 Å². The van der Waals surface area contributed by atoms with E-state index in [1.54, 1.807) is 13.0 Å². The van der Waals surface area contributed by atoms with Crippen LogP contribution in [0.15, 0.2) is 30.5 Å². The van der Waals surface area contributed by atoms with E-state index < -0.39 is 11.7 Å². The number of halogens is 3. The first-order chi connectivity index (χ1) is 15.1. The van der Waals surface area contributed by atoms with Crippen molar-refractivity contribution in [1.29, 1.82) is 0 Å². The van der Waals surface area contributed by atoms with E-state index in [0.29, 0.717) is 39.7 Å². The Bertz CT molecular complexity index is 1140. The highest BCUT2D eigenvalue weighted by Gasteiger charge is 2.41. The summed E-state index contributed by atoms with van der Waals surface area (Å²) in [5.41, 5.74) is 14.0. The summed E-state index contributed by atoms with van der Waals surface area (Å²) < 4.78 is 39.7. The molecular formula is C23H29F3N6. The number of likely N-dealkylation sites (N-methyl/N-ethyl adjacent to an activating group) is 1. The molecule has 32 heavy (non-hydrogen) atoms. The molecule has 2 fully saturated rings. The SMILES string of the molecule is C/C(N)=c1\ncc(N2CC3CC2CN3C)c\c1=C(\N)NCc1cccc(C(F)(F)F)c1C. The van der Waals surface area contributed by atoms with Crippen LogP contribution in [0.5, 0.6) is 0 Å². The molecule has 1 aromatic heterocycles. The van der Waals surface area contributed by atoms with Gasteiger partial charge in [-0.1, -0.05) is 12.1 Å². The van der Waals surface area contributed by atoms with E-state index in [0.717, 1.165) is 31.3 Å². The molecule has 5 N–H and O–H groups in total. The molecule has 3 heterocycles. The maximum absolute atomic E-state index is 13.2. The lowest BCUT2D eigenvalue weighted by molar-refractivity contribution is -0.138. The third-order valence-corrected chi connectivity index (χ3v) is 6.60. The molecule has 0 aliphatic carbocycles. The van der Waals surface area contributed by atoms with Gasteiger partial charge in [0.25, 0.3) is 0 Å². The first kappa shape index (κ1) is 22.3. The van der Waals surface area contributed by atoms with Crippen molar-refractivity contribution in [3.8, 4) is 0 Å². The van der Waals surface area contributed by atoms with E-state index >= 15 is 0 Å². The second kappa shape index (κ2) is 8.20. The van der Waals surface area contributed by atoms with Gasteiger partial charge in [-0.15, -0.1) is 0 Å². The number of anilines is 1. The van der Waals surface area contributed by atoms with Gasteiger partial charge in [0.15, 0.2) is 0 Å².